The van der Waals surface area contributed by atoms with E-state index < -0.39 is 0 Å². The van der Waals surface area contributed by atoms with Gasteiger partial charge in [0.05, 0.1) is 43.2 Å². The summed E-state index contributed by atoms with van der Waals surface area (Å²) in [6, 6.07) is 9.27. The van der Waals surface area contributed by atoms with Crippen LogP contribution in [0.15, 0.2) is 40.2 Å². The Kier molecular flexibility index (Phi) is 7.40. The summed E-state index contributed by atoms with van der Waals surface area (Å²) in [5.41, 5.74) is 2.03. The van der Waals surface area contributed by atoms with Gasteiger partial charge in [-0.1, -0.05) is 0 Å². The molecule has 1 amide bonds. The van der Waals surface area contributed by atoms with Crippen LogP contribution in [0.4, 0.5) is 5.13 Å². The first kappa shape index (κ1) is 22.9. The second kappa shape index (κ2) is 10.0. The second-order valence-corrected chi connectivity index (χ2v) is 8.34. The number of nitrogens with one attached hydrogen (secondary N) is 1. The smallest absolute Gasteiger partial charge is 0.258 e. The zero-order valence-electron chi connectivity index (χ0n) is 17.8. The number of hydrogen-bond acceptors (Lipinski definition) is 7. The second-order valence-electron chi connectivity index (χ2n) is 6.69. The van der Waals surface area contributed by atoms with Crippen molar-refractivity contribution in [1.82, 2.24) is 4.98 Å². The number of thiazole rings is 1. The van der Waals surface area contributed by atoms with Crippen molar-refractivity contribution < 1.29 is 23.7 Å². The lowest BCUT2D eigenvalue weighted by Crippen LogP contribution is -2.13. The van der Waals surface area contributed by atoms with Gasteiger partial charge in [-0.05, 0) is 60.1 Å². The van der Waals surface area contributed by atoms with Crippen molar-refractivity contribution in [2.24, 2.45) is 0 Å². The van der Waals surface area contributed by atoms with Crippen LogP contribution in [0.25, 0.3) is 11.3 Å². The van der Waals surface area contributed by atoms with Crippen molar-refractivity contribution in [1.29, 1.82) is 0 Å². The molecule has 1 aromatic heterocycles. The van der Waals surface area contributed by atoms with Crippen LogP contribution in [0.5, 0.6) is 23.0 Å². The number of nitrogens with zero attached hydrogens (tertiary/aromatic N) is 1. The molecule has 3 rings (SSSR count). The number of amides is 1. The number of anilines is 1. The molecular formula is C22H23BrN2O5S. The minimum atomic E-state index is -0.354. The third-order valence-corrected chi connectivity index (χ3v) is 5.81. The number of carbonyl (C=O) groups is 1. The van der Waals surface area contributed by atoms with Gasteiger partial charge in [-0.2, -0.15) is 0 Å². The van der Waals surface area contributed by atoms with Gasteiger partial charge in [-0.3, -0.25) is 10.1 Å². The fourth-order valence-electron chi connectivity index (χ4n) is 2.89. The molecule has 0 atom stereocenters. The van der Waals surface area contributed by atoms with E-state index >= 15 is 0 Å². The van der Waals surface area contributed by atoms with Crippen LogP contribution in [-0.4, -0.2) is 38.3 Å². The zero-order chi connectivity index (χ0) is 22.5. The van der Waals surface area contributed by atoms with Gasteiger partial charge in [0.2, 0.25) is 5.75 Å². The molecule has 0 aliphatic heterocycles. The van der Waals surface area contributed by atoms with Crippen LogP contribution in [0.1, 0.15) is 24.2 Å². The highest BCUT2D eigenvalue weighted by atomic mass is 79.9. The Balaban J connectivity index is 1.81. The topological polar surface area (TPSA) is 78.9 Å². The summed E-state index contributed by atoms with van der Waals surface area (Å²) in [6.45, 7) is 3.96. The number of ether oxygens (including phenoxy) is 4. The Hall–Kier alpha value is -2.78. The molecule has 0 saturated heterocycles. The maximum atomic E-state index is 12.9. The molecule has 0 saturated carbocycles. The third-order valence-electron chi connectivity index (χ3n) is 4.26. The molecule has 0 spiro atoms. The van der Waals surface area contributed by atoms with Crippen molar-refractivity contribution in [3.05, 3.63) is 45.7 Å². The molecule has 31 heavy (non-hydrogen) atoms. The summed E-state index contributed by atoms with van der Waals surface area (Å²) in [6.07, 6.45) is 0.112. The monoisotopic (exact) mass is 506 g/mol. The van der Waals surface area contributed by atoms with E-state index in [1.807, 2.05) is 43.5 Å². The maximum absolute atomic E-state index is 12.9. The van der Waals surface area contributed by atoms with Crippen LogP contribution in [-0.2, 0) is 0 Å². The summed E-state index contributed by atoms with van der Waals surface area (Å²) in [7, 11) is 4.50. The van der Waals surface area contributed by atoms with E-state index in [1.54, 1.807) is 6.07 Å². The first-order chi connectivity index (χ1) is 14.9. The molecule has 7 nitrogen and oxygen atoms in total. The van der Waals surface area contributed by atoms with Gasteiger partial charge >= 0.3 is 0 Å². The standard InChI is InChI=1S/C22H23BrN2O5S/c1-12(2)30-14-8-6-13(7-9-14)16-11-31-22(24-16)25-21(26)15-10-17(27-3)19(28-4)20(29-5)18(15)23/h6-12H,1-5H3,(H,24,25,26). The van der Waals surface area contributed by atoms with Gasteiger partial charge in [-0.25, -0.2) is 4.98 Å². The fourth-order valence-corrected chi connectivity index (χ4v) is 4.24. The summed E-state index contributed by atoms with van der Waals surface area (Å²) in [5.74, 6) is 1.60. The fraction of sp³-hybridized carbons (Fsp3) is 0.273. The molecule has 9 heteroatoms. The van der Waals surface area contributed by atoms with Crippen LogP contribution < -0.4 is 24.3 Å². The molecule has 3 aromatic rings. The average Bonchev–Trinajstić information content (AvgIpc) is 3.21. The van der Waals surface area contributed by atoms with Crippen molar-refractivity contribution in [2.45, 2.75) is 20.0 Å². The molecule has 0 fully saturated rings. The number of hydrogen-bond donors (Lipinski definition) is 1. The van der Waals surface area contributed by atoms with Crippen LogP contribution in [0.3, 0.4) is 0 Å². The van der Waals surface area contributed by atoms with E-state index in [0.29, 0.717) is 32.4 Å². The molecule has 0 bridgehead atoms. The largest absolute Gasteiger partial charge is 0.493 e. The Morgan fingerprint density at radius 2 is 1.74 bits per heavy atom. The molecule has 1 heterocycles. The highest BCUT2D eigenvalue weighted by Crippen LogP contribution is 2.45. The molecule has 0 radical (unpaired) electrons. The molecule has 164 valence electrons. The molecular weight excluding hydrogens is 484 g/mol. The van der Waals surface area contributed by atoms with Crippen LogP contribution in [0, 0.1) is 0 Å². The lowest BCUT2D eigenvalue weighted by atomic mass is 10.1. The van der Waals surface area contributed by atoms with Gasteiger partial charge in [0.25, 0.3) is 5.91 Å². The minimum absolute atomic E-state index is 0.112. The van der Waals surface area contributed by atoms with Crippen molar-refractivity contribution in [3.8, 4) is 34.3 Å². The lowest BCUT2D eigenvalue weighted by Gasteiger charge is -2.16. The summed E-state index contributed by atoms with van der Waals surface area (Å²) >= 11 is 4.76. The van der Waals surface area contributed by atoms with Crippen molar-refractivity contribution in [3.63, 3.8) is 0 Å². The SMILES string of the molecule is COc1cc(C(=O)Nc2nc(-c3ccc(OC(C)C)cc3)cs2)c(Br)c(OC)c1OC. The number of aromatic nitrogens is 1. The third kappa shape index (κ3) is 5.11. The van der Waals surface area contributed by atoms with Crippen molar-refractivity contribution >= 4 is 38.3 Å². The number of methoxy groups -OCH3 is 3. The Bertz CT molecular complexity index is 1070. The van der Waals surface area contributed by atoms with Crippen LogP contribution >= 0.6 is 27.3 Å². The average molecular weight is 507 g/mol. The highest BCUT2D eigenvalue weighted by Gasteiger charge is 2.23. The van der Waals surface area contributed by atoms with E-state index in [1.165, 1.54) is 32.7 Å². The molecule has 0 aliphatic rings. The normalized spacial score (nSPS) is 10.7. The van der Waals surface area contributed by atoms with Gasteiger partial charge in [0.1, 0.15) is 5.75 Å². The van der Waals surface area contributed by atoms with E-state index in [4.69, 9.17) is 18.9 Å². The van der Waals surface area contributed by atoms with E-state index in [0.717, 1.165) is 17.0 Å². The molecule has 2 aromatic carbocycles. The van der Waals surface area contributed by atoms with Gasteiger partial charge in [-0.15, -0.1) is 11.3 Å². The Labute approximate surface area is 193 Å². The van der Waals surface area contributed by atoms with Gasteiger partial charge in [0.15, 0.2) is 16.6 Å². The molecule has 0 unspecified atom stereocenters. The number of halogens is 1. The quantitative estimate of drug-likeness (QED) is 0.425. The van der Waals surface area contributed by atoms with E-state index in [9.17, 15) is 4.79 Å². The highest BCUT2D eigenvalue weighted by molar-refractivity contribution is 9.10. The van der Waals surface area contributed by atoms with Gasteiger partial charge < -0.3 is 18.9 Å². The first-order valence-electron chi connectivity index (χ1n) is 9.40. The predicted octanol–water partition coefficient (Wildman–Crippen LogP) is 5.64. The predicted molar refractivity (Wildman–Crippen MR) is 125 cm³/mol. The molecule has 1 N–H and O–H groups in total. The van der Waals surface area contributed by atoms with E-state index in [-0.39, 0.29) is 12.0 Å². The summed E-state index contributed by atoms with van der Waals surface area (Å²) in [5, 5.41) is 5.19. The first-order valence-corrected chi connectivity index (χ1v) is 11.1. The van der Waals surface area contributed by atoms with Crippen LogP contribution in [0.2, 0.25) is 0 Å². The Morgan fingerprint density at radius 3 is 2.32 bits per heavy atom. The molecule has 0 aliphatic carbocycles. The zero-order valence-corrected chi connectivity index (χ0v) is 20.2. The Morgan fingerprint density at radius 1 is 1.06 bits per heavy atom. The number of rotatable bonds is 8. The maximum Gasteiger partial charge on any atom is 0.258 e. The van der Waals surface area contributed by atoms with E-state index in [2.05, 4.69) is 26.2 Å². The minimum Gasteiger partial charge on any atom is -0.493 e. The number of benzene rings is 2. The van der Waals surface area contributed by atoms with Crippen molar-refractivity contribution in [2.75, 3.05) is 26.6 Å². The summed E-state index contributed by atoms with van der Waals surface area (Å²) in [4.78, 5) is 17.4. The lowest BCUT2D eigenvalue weighted by molar-refractivity contribution is 0.102. The van der Waals surface area contributed by atoms with Gasteiger partial charge in [0, 0.05) is 10.9 Å². The number of carbonyl (C=O) groups excluding carboxylic acids is 1. The summed E-state index contributed by atoms with van der Waals surface area (Å²) < 4.78 is 22.2.